The van der Waals surface area contributed by atoms with E-state index in [4.69, 9.17) is 0 Å². The first-order chi connectivity index (χ1) is 34.7. The molecule has 0 aromatic heterocycles. The lowest BCUT2D eigenvalue weighted by Crippen LogP contribution is -2.33. The second-order valence-electron chi connectivity index (χ2n) is 20.7. The lowest BCUT2D eigenvalue weighted by molar-refractivity contribution is 0.530. The highest BCUT2D eigenvalue weighted by Crippen LogP contribution is 2.61. The molecular weight excluding hydrogens is 845 g/mol. The standard InChI is InChI=1S/C68H52N2/c1-3-19-47-41-49(31-29-45(47)17-1)65-53-35-33-52(70-63-27-11-7-23-59(63)68(39-15-16-40-68)60-24-8-12-28-64(60)70)44-56(53)66(50-32-30-46-18-2-4-20-48(46)42-50)54-36-34-51(43-55(54)65)69-61-25-9-5-21-57(61)67(37-13-14-38-67)58-22-6-10-26-62(58)69/h1-12,17-36,41-44H,13-16,37-40H2. The van der Waals surface area contributed by atoms with Crippen LogP contribution in [0.1, 0.15) is 73.6 Å². The van der Waals surface area contributed by atoms with Crippen LogP contribution in [-0.2, 0) is 10.8 Å². The molecule has 0 N–H and O–H groups in total. The normalized spacial score (nSPS) is 16.3. The zero-order valence-corrected chi connectivity index (χ0v) is 39.3. The van der Waals surface area contributed by atoms with Crippen molar-refractivity contribution in [3.63, 3.8) is 0 Å². The molecule has 70 heavy (non-hydrogen) atoms. The van der Waals surface area contributed by atoms with E-state index in [1.54, 1.807) is 0 Å². The summed E-state index contributed by atoms with van der Waals surface area (Å²) in [5.74, 6) is 0. The Morgan fingerprint density at radius 3 is 0.971 bits per heavy atom. The van der Waals surface area contributed by atoms with Crippen molar-refractivity contribution < 1.29 is 0 Å². The largest absolute Gasteiger partial charge is 0.310 e. The third kappa shape index (κ3) is 5.68. The fourth-order valence-electron chi connectivity index (χ4n) is 14.2. The van der Waals surface area contributed by atoms with Crippen LogP contribution in [0.4, 0.5) is 34.1 Å². The van der Waals surface area contributed by atoms with Gasteiger partial charge in [-0.2, -0.15) is 0 Å². The summed E-state index contributed by atoms with van der Waals surface area (Å²) in [6.07, 6.45) is 9.81. The zero-order valence-electron chi connectivity index (χ0n) is 39.3. The Balaban J connectivity index is 1.04. The summed E-state index contributed by atoms with van der Waals surface area (Å²) in [4.78, 5) is 5.15. The van der Waals surface area contributed by atoms with Crippen LogP contribution in [0.15, 0.2) is 218 Å². The van der Waals surface area contributed by atoms with E-state index in [-0.39, 0.29) is 10.8 Å². The maximum absolute atomic E-state index is 2.57. The van der Waals surface area contributed by atoms with Crippen LogP contribution in [0.3, 0.4) is 0 Å². The first-order valence-corrected chi connectivity index (χ1v) is 25.7. The number of rotatable bonds is 4. The average molecular weight is 897 g/mol. The van der Waals surface area contributed by atoms with Gasteiger partial charge in [0.2, 0.25) is 0 Å². The zero-order chi connectivity index (χ0) is 46.0. The molecule has 11 aromatic rings. The minimum absolute atomic E-state index is 0.0427. The molecule has 2 heterocycles. The number of hydrogen-bond acceptors (Lipinski definition) is 2. The third-order valence-electron chi connectivity index (χ3n) is 17.2. The van der Waals surface area contributed by atoms with Gasteiger partial charge in [0.15, 0.2) is 0 Å². The highest BCUT2D eigenvalue weighted by atomic mass is 15.2. The molecular formula is C68H52N2. The molecule has 2 aliphatic heterocycles. The second-order valence-corrected chi connectivity index (χ2v) is 20.7. The van der Waals surface area contributed by atoms with Crippen LogP contribution in [0.25, 0.3) is 65.3 Å². The monoisotopic (exact) mass is 896 g/mol. The van der Waals surface area contributed by atoms with Crippen molar-refractivity contribution in [3.05, 3.63) is 241 Å². The van der Waals surface area contributed by atoms with Crippen molar-refractivity contribution in [1.29, 1.82) is 0 Å². The molecule has 0 amide bonds. The van der Waals surface area contributed by atoms with Crippen LogP contribution in [-0.4, -0.2) is 0 Å². The summed E-state index contributed by atoms with van der Waals surface area (Å²) in [5.41, 5.74) is 18.5. The Morgan fingerprint density at radius 1 is 0.271 bits per heavy atom. The van der Waals surface area contributed by atoms with Crippen molar-refractivity contribution >= 4 is 77.2 Å². The second kappa shape index (κ2) is 15.3. The number of para-hydroxylation sites is 4. The van der Waals surface area contributed by atoms with Crippen LogP contribution in [0.5, 0.6) is 0 Å². The van der Waals surface area contributed by atoms with Crippen molar-refractivity contribution in [3.8, 4) is 22.3 Å². The fraction of sp³-hybridized carbons (Fsp3) is 0.147. The quantitative estimate of drug-likeness (QED) is 0.162. The minimum atomic E-state index is 0.0427. The van der Waals surface area contributed by atoms with Crippen LogP contribution >= 0.6 is 0 Å². The summed E-state index contributed by atoms with van der Waals surface area (Å²) in [6.45, 7) is 0. The number of benzene rings is 11. The Bertz CT molecular complexity index is 3580. The van der Waals surface area contributed by atoms with E-state index in [1.807, 2.05) is 0 Å². The first kappa shape index (κ1) is 40.0. The van der Waals surface area contributed by atoms with Crippen LogP contribution in [0, 0.1) is 0 Å². The van der Waals surface area contributed by atoms with Crippen molar-refractivity contribution in [2.24, 2.45) is 0 Å². The van der Waals surface area contributed by atoms with E-state index in [0.717, 1.165) is 0 Å². The highest BCUT2D eigenvalue weighted by Gasteiger charge is 2.46. The van der Waals surface area contributed by atoms with Gasteiger partial charge < -0.3 is 9.80 Å². The van der Waals surface area contributed by atoms with Crippen molar-refractivity contribution in [1.82, 2.24) is 0 Å². The summed E-state index contributed by atoms with van der Waals surface area (Å²) in [6, 6.07) is 83.7. The molecule has 11 aromatic carbocycles. The van der Waals surface area contributed by atoms with E-state index < -0.39 is 0 Å². The SMILES string of the molecule is c1ccc2c(c1)N(c1ccc3c(-c4ccc5ccccc5c4)c4cc(N5c6ccccc6C6(CCCC6)c6ccccc65)ccc4c(-c4ccc5ccccc5c4)c3c1)c1ccccc1C21CCCC1. The van der Waals surface area contributed by atoms with Gasteiger partial charge in [0, 0.05) is 22.2 Å². The number of hydrogen-bond donors (Lipinski definition) is 0. The van der Waals surface area contributed by atoms with Gasteiger partial charge in [0.1, 0.15) is 0 Å². The van der Waals surface area contributed by atoms with E-state index in [9.17, 15) is 0 Å². The predicted octanol–water partition coefficient (Wildman–Crippen LogP) is 18.9. The molecule has 2 fully saturated rings. The Kier molecular flexibility index (Phi) is 8.73. The summed E-state index contributed by atoms with van der Waals surface area (Å²) in [7, 11) is 0. The average Bonchev–Trinajstić information content (AvgIpc) is 4.13. The molecule has 4 aliphatic rings. The molecule has 0 unspecified atom stereocenters. The Hall–Kier alpha value is -7.94. The summed E-state index contributed by atoms with van der Waals surface area (Å²) in [5, 5.41) is 10.0. The lowest BCUT2D eigenvalue weighted by Gasteiger charge is -2.44. The lowest BCUT2D eigenvalue weighted by atomic mass is 9.69. The maximum Gasteiger partial charge on any atom is 0.0502 e. The molecule has 0 bridgehead atoms. The van der Waals surface area contributed by atoms with Gasteiger partial charge in [0.05, 0.1) is 22.7 Å². The maximum atomic E-state index is 2.57. The summed E-state index contributed by atoms with van der Waals surface area (Å²) >= 11 is 0. The topological polar surface area (TPSA) is 6.48 Å². The van der Waals surface area contributed by atoms with E-state index in [1.165, 1.54) is 173 Å². The summed E-state index contributed by atoms with van der Waals surface area (Å²) < 4.78 is 0. The molecule has 2 saturated carbocycles. The predicted molar refractivity (Wildman–Crippen MR) is 295 cm³/mol. The molecule has 0 radical (unpaired) electrons. The van der Waals surface area contributed by atoms with Crippen LogP contribution in [0.2, 0.25) is 0 Å². The van der Waals surface area contributed by atoms with Crippen molar-refractivity contribution in [2.75, 3.05) is 9.80 Å². The van der Waals surface area contributed by atoms with Gasteiger partial charge in [-0.3, -0.25) is 0 Å². The van der Waals surface area contributed by atoms with Gasteiger partial charge in [-0.05, 0) is 174 Å². The molecule has 2 heteroatoms. The van der Waals surface area contributed by atoms with Gasteiger partial charge in [-0.25, -0.2) is 0 Å². The molecule has 0 atom stereocenters. The fourth-order valence-corrected chi connectivity index (χ4v) is 14.2. The number of anilines is 6. The molecule has 2 nitrogen and oxygen atoms in total. The van der Waals surface area contributed by atoms with E-state index >= 15 is 0 Å². The Morgan fingerprint density at radius 2 is 0.600 bits per heavy atom. The molecule has 15 rings (SSSR count). The minimum Gasteiger partial charge on any atom is -0.310 e. The Labute approximate surface area is 410 Å². The van der Waals surface area contributed by atoms with Gasteiger partial charge >= 0.3 is 0 Å². The van der Waals surface area contributed by atoms with Gasteiger partial charge in [0.25, 0.3) is 0 Å². The first-order valence-electron chi connectivity index (χ1n) is 25.7. The highest BCUT2D eigenvalue weighted by molar-refractivity contribution is 6.23. The van der Waals surface area contributed by atoms with Gasteiger partial charge in [-0.1, -0.05) is 183 Å². The molecule has 2 aliphatic carbocycles. The number of nitrogens with zero attached hydrogens (tertiary/aromatic N) is 2. The molecule has 0 saturated heterocycles. The van der Waals surface area contributed by atoms with E-state index in [2.05, 4.69) is 228 Å². The van der Waals surface area contributed by atoms with Gasteiger partial charge in [-0.15, -0.1) is 0 Å². The number of fused-ring (bicyclic) bond motifs is 12. The van der Waals surface area contributed by atoms with Crippen LogP contribution < -0.4 is 9.80 Å². The third-order valence-corrected chi connectivity index (χ3v) is 17.2. The van der Waals surface area contributed by atoms with E-state index in [0.29, 0.717) is 0 Å². The smallest absolute Gasteiger partial charge is 0.0502 e. The van der Waals surface area contributed by atoms with Crippen molar-refractivity contribution in [2.45, 2.75) is 62.2 Å². The molecule has 334 valence electrons. The molecule has 2 spiro atoms.